The molecule has 0 amide bonds. The lowest BCUT2D eigenvalue weighted by Crippen LogP contribution is -2.12. The van der Waals surface area contributed by atoms with Crippen molar-refractivity contribution in [1.82, 2.24) is 0 Å². The van der Waals surface area contributed by atoms with Crippen LogP contribution in [0.1, 0.15) is 22.7 Å². The molecule has 0 aliphatic rings. The Morgan fingerprint density at radius 1 is 0.906 bits per heavy atom. The Bertz CT molecular complexity index is 1020. The van der Waals surface area contributed by atoms with Gasteiger partial charge in [-0.1, -0.05) is 65.8 Å². The number of hydrogen-bond donors (Lipinski definition) is 0. The minimum absolute atomic E-state index is 0.267. The van der Waals surface area contributed by atoms with Gasteiger partial charge in [0.25, 0.3) is 0 Å². The third-order valence-electron chi connectivity index (χ3n) is 4.63. The highest BCUT2D eigenvalue weighted by Crippen LogP contribution is 2.41. The van der Waals surface area contributed by atoms with Crippen LogP contribution in [0, 0.1) is 0 Å². The molecular weight excluding hydrogens is 410 g/mol. The average molecular weight is 433 g/mol. The van der Waals surface area contributed by atoms with E-state index in [9.17, 15) is 4.79 Å². The minimum atomic E-state index is -1.20. The van der Waals surface area contributed by atoms with Crippen LogP contribution < -0.4 is 14.2 Å². The van der Waals surface area contributed by atoms with Gasteiger partial charge in [-0.15, -0.1) is 0 Å². The summed E-state index contributed by atoms with van der Waals surface area (Å²) in [7, 11) is 2.73. The van der Waals surface area contributed by atoms with Crippen LogP contribution in [0.3, 0.4) is 0 Å². The number of carbonyl (C=O) groups excluding carboxylic acids is 1. The van der Waals surface area contributed by atoms with E-state index in [-0.39, 0.29) is 13.2 Å². The number of azide groups is 1. The molecule has 0 saturated carbocycles. The molecule has 3 aromatic rings. The van der Waals surface area contributed by atoms with Gasteiger partial charge in [-0.25, -0.2) is 0 Å². The predicted molar refractivity (Wildman–Crippen MR) is 118 cm³/mol. The van der Waals surface area contributed by atoms with Gasteiger partial charge in [-0.05, 0) is 34.4 Å². The minimum Gasteiger partial charge on any atom is -0.490 e. The van der Waals surface area contributed by atoms with Crippen molar-refractivity contribution in [2.24, 2.45) is 5.11 Å². The van der Waals surface area contributed by atoms with E-state index in [1.165, 1.54) is 14.2 Å². The number of methoxy groups -OCH3 is 2. The summed E-state index contributed by atoms with van der Waals surface area (Å²) in [5.41, 5.74) is 11.2. The fourth-order valence-electron chi connectivity index (χ4n) is 3.05. The monoisotopic (exact) mass is 433 g/mol. The molecule has 0 aliphatic heterocycles. The van der Waals surface area contributed by atoms with Crippen LogP contribution in [0.2, 0.25) is 0 Å². The van der Waals surface area contributed by atoms with Crippen molar-refractivity contribution in [1.29, 1.82) is 0 Å². The first kappa shape index (κ1) is 22.5. The second kappa shape index (κ2) is 11.3. The molecule has 8 heteroatoms. The summed E-state index contributed by atoms with van der Waals surface area (Å²) in [6.07, 6.45) is 0. The molecule has 0 bridgehead atoms. The standard InChI is InChI=1S/C24H23N3O5/c1-29-23-20(31-15-17-9-5-3-6-10-17)13-19(22(26-27-25)24(28)30-2)14-21(23)32-16-18-11-7-4-8-12-18/h3-14,22H,15-16H2,1-2H3/t22-/m0/s1. The van der Waals surface area contributed by atoms with Gasteiger partial charge < -0.3 is 18.9 Å². The Hall–Kier alpha value is -4.16. The van der Waals surface area contributed by atoms with Crippen LogP contribution >= 0.6 is 0 Å². The van der Waals surface area contributed by atoms with E-state index in [4.69, 9.17) is 24.5 Å². The summed E-state index contributed by atoms with van der Waals surface area (Å²) in [5, 5.41) is 3.59. The van der Waals surface area contributed by atoms with Gasteiger partial charge >= 0.3 is 5.97 Å². The molecule has 32 heavy (non-hydrogen) atoms. The summed E-state index contributed by atoms with van der Waals surface area (Å²) < 4.78 is 22.4. The third kappa shape index (κ3) is 5.71. The van der Waals surface area contributed by atoms with Crippen molar-refractivity contribution in [2.75, 3.05) is 14.2 Å². The lowest BCUT2D eigenvalue weighted by molar-refractivity contribution is -0.142. The maximum Gasteiger partial charge on any atom is 0.319 e. The van der Waals surface area contributed by atoms with Gasteiger partial charge in [0.05, 0.1) is 14.2 Å². The van der Waals surface area contributed by atoms with Crippen molar-refractivity contribution < 1.29 is 23.7 Å². The summed E-state index contributed by atoms with van der Waals surface area (Å²) in [6, 6.07) is 21.2. The maximum atomic E-state index is 12.2. The molecule has 1 atom stereocenters. The molecule has 8 nitrogen and oxygen atoms in total. The summed E-state index contributed by atoms with van der Waals surface area (Å²) in [4.78, 5) is 15.0. The van der Waals surface area contributed by atoms with Crippen LogP contribution in [-0.4, -0.2) is 20.2 Å². The second-order valence-corrected chi connectivity index (χ2v) is 6.73. The van der Waals surface area contributed by atoms with Crippen molar-refractivity contribution in [2.45, 2.75) is 19.3 Å². The largest absolute Gasteiger partial charge is 0.490 e. The zero-order valence-electron chi connectivity index (χ0n) is 17.8. The van der Waals surface area contributed by atoms with Crippen LogP contribution in [0.4, 0.5) is 0 Å². The van der Waals surface area contributed by atoms with E-state index >= 15 is 0 Å². The van der Waals surface area contributed by atoms with Crippen molar-refractivity contribution >= 4 is 5.97 Å². The lowest BCUT2D eigenvalue weighted by atomic mass is 10.1. The Morgan fingerprint density at radius 2 is 1.41 bits per heavy atom. The van der Waals surface area contributed by atoms with E-state index in [2.05, 4.69) is 10.0 Å². The van der Waals surface area contributed by atoms with Gasteiger partial charge in [-0.3, -0.25) is 4.79 Å². The molecule has 0 N–H and O–H groups in total. The number of hydrogen-bond acceptors (Lipinski definition) is 6. The molecular formula is C24H23N3O5. The van der Waals surface area contributed by atoms with E-state index in [1.54, 1.807) is 12.1 Å². The van der Waals surface area contributed by atoms with E-state index < -0.39 is 12.0 Å². The number of benzene rings is 3. The number of carbonyl (C=O) groups is 1. The molecule has 0 aromatic heterocycles. The smallest absolute Gasteiger partial charge is 0.319 e. The average Bonchev–Trinajstić information content (AvgIpc) is 2.85. The topological polar surface area (TPSA) is 103 Å². The SMILES string of the molecule is COC(=O)[C@@H](N=[N+]=[N-])c1cc(OCc2ccccc2)c(OC)c(OCc2ccccc2)c1. The lowest BCUT2D eigenvalue weighted by Gasteiger charge is -2.19. The van der Waals surface area contributed by atoms with E-state index in [1.807, 2.05) is 60.7 Å². The molecule has 0 unspecified atom stereocenters. The highest BCUT2D eigenvalue weighted by molar-refractivity contribution is 5.78. The normalized spacial score (nSPS) is 11.1. The van der Waals surface area contributed by atoms with Crippen LogP contribution in [0.15, 0.2) is 77.9 Å². The third-order valence-corrected chi connectivity index (χ3v) is 4.63. The zero-order chi connectivity index (χ0) is 22.8. The highest BCUT2D eigenvalue weighted by Gasteiger charge is 2.25. The molecule has 164 valence electrons. The predicted octanol–water partition coefficient (Wildman–Crippen LogP) is 5.38. The number of ether oxygens (including phenoxy) is 4. The summed E-state index contributed by atoms with van der Waals surface area (Å²) in [5.74, 6) is 0.360. The first-order valence-corrected chi connectivity index (χ1v) is 9.83. The first-order valence-electron chi connectivity index (χ1n) is 9.83. The summed E-state index contributed by atoms with van der Waals surface area (Å²) in [6.45, 7) is 0.534. The van der Waals surface area contributed by atoms with Crippen LogP contribution in [0.25, 0.3) is 10.4 Å². The fourth-order valence-corrected chi connectivity index (χ4v) is 3.05. The van der Waals surface area contributed by atoms with Gasteiger partial charge in [0.15, 0.2) is 17.5 Å². The maximum absolute atomic E-state index is 12.2. The van der Waals surface area contributed by atoms with Gasteiger partial charge in [0.1, 0.15) is 13.2 Å². The van der Waals surface area contributed by atoms with Crippen LogP contribution in [-0.2, 0) is 22.7 Å². The molecule has 0 spiro atoms. The zero-order valence-corrected chi connectivity index (χ0v) is 17.8. The highest BCUT2D eigenvalue weighted by atomic mass is 16.5. The molecule has 0 saturated heterocycles. The molecule has 0 fully saturated rings. The summed E-state index contributed by atoms with van der Waals surface area (Å²) >= 11 is 0. The van der Waals surface area contributed by atoms with Crippen molar-refractivity contribution in [3.63, 3.8) is 0 Å². The van der Waals surface area contributed by atoms with E-state index in [0.717, 1.165) is 11.1 Å². The Kier molecular flexibility index (Phi) is 7.95. The number of esters is 1. The Labute approximate surface area is 185 Å². The number of rotatable bonds is 10. The second-order valence-electron chi connectivity index (χ2n) is 6.73. The van der Waals surface area contributed by atoms with Gasteiger partial charge in [-0.2, -0.15) is 0 Å². The van der Waals surface area contributed by atoms with Crippen LogP contribution in [0.5, 0.6) is 17.2 Å². The molecule has 0 heterocycles. The van der Waals surface area contributed by atoms with E-state index in [0.29, 0.717) is 22.8 Å². The van der Waals surface area contributed by atoms with Crippen molar-refractivity contribution in [3.05, 3.63) is 99.9 Å². The van der Waals surface area contributed by atoms with Gasteiger partial charge in [0.2, 0.25) is 5.75 Å². The Morgan fingerprint density at radius 3 is 1.81 bits per heavy atom. The van der Waals surface area contributed by atoms with Crippen molar-refractivity contribution in [3.8, 4) is 17.2 Å². The quantitative estimate of drug-likeness (QED) is 0.185. The fraction of sp³-hybridized carbons (Fsp3) is 0.208. The molecule has 0 radical (unpaired) electrons. The first-order chi connectivity index (χ1) is 15.7. The number of nitrogens with zero attached hydrogens (tertiary/aromatic N) is 3. The van der Waals surface area contributed by atoms with Gasteiger partial charge in [0, 0.05) is 4.91 Å². The molecule has 3 rings (SSSR count). The molecule has 3 aromatic carbocycles. The Balaban J connectivity index is 1.99. The molecule has 0 aliphatic carbocycles.